The summed E-state index contributed by atoms with van der Waals surface area (Å²) in [4.78, 5) is 11.9. The third kappa shape index (κ3) is 4.90. The first-order valence-electron chi connectivity index (χ1n) is 8.25. The van der Waals surface area contributed by atoms with Crippen LogP contribution in [-0.2, 0) is 4.79 Å². The predicted molar refractivity (Wildman–Crippen MR) is 89.2 cm³/mol. The molecule has 0 radical (unpaired) electrons. The van der Waals surface area contributed by atoms with Gasteiger partial charge in [-0.3, -0.25) is 4.79 Å². The van der Waals surface area contributed by atoms with Gasteiger partial charge in [-0.1, -0.05) is 44.9 Å². The fourth-order valence-corrected chi connectivity index (χ4v) is 3.08. The number of amides is 1. The summed E-state index contributed by atoms with van der Waals surface area (Å²) in [6, 6.07) is 0. The van der Waals surface area contributed by atoms with Gasteiger partial charge in [0.15, 0.2) is 5.82 Å². The van der Waals surface area contributed by atoms with E-state index >= 15 is 0 Å². The number of aromatic nitrogens is 3. The van der Waals surface area contributed by atoms with Crippen LogP contribution in [0, 0.1) is 5.92 Å². The van der Waals surface area contributed by atoms with Crippen molar-refractivity contribution in [1.82, 2.24) is 20.2 Å². The summed E-state index contributed by atoms with van der Waals surface area (Å²) >= 11 is 1.35. The Bertz CT molecular complexity index is 486. The topological polar surface area (TPSA) is 85.8 Å². The fourth-order valence-electron chi connectivity index (χ4n) is 2.39. The molecule has 124 valence electrons. The first-order chi connectivity index (χ1) is 10.7. The maximum atomic E-state index is 11.9. The molecule has 1 aliphatic carbocycles. The smallest absolute Gasteiger partial charge is 0.230 e. The molecule has 2 rings (SSSR count). The van der Waals surface area contributed by atoms with Crippen LogP contribution >= 0.6 is 11.8 Å². The lowest BCUT2D eigenvalue weighted by Crippen LogP contribution is -2.30. The second kappa shape index (κ2) is 8.41. The molecule has 1 aromatic heterocycles. The van der Waals surface area contributed by atoms with Crippen molar-refractivity contribution in [2.45, 2.75) is 63.4 Å². The molecule has 1 aromatic rings. The summed E-state index contributed by atoms with van der Waals surface area (Å²) in [6.45, 7) is 5.14. The number of hydrogen-bond donors (Lipinski definition) is 2. The van der Waals surface area contributed by atoms with E-state index in [-0.39, 0.29) is 5.91 Å². The lowest BCUT2D eigenvalue weighted by molar-refractivity contribution is -0.118. The first-order valence-corrected chi connectivity index (χ1v) is 9.24. The van der Waals surface area contributed by atoms with Crippen LogP contribution < -0.4 is 11.2 Å². The Balaban J connectivity index is 1.71. The number of nitrogens with two attached hydrogens (primary N) is 1. The lowest BCUT2D eigenvalue weighted by atomic mass is 9.99. The third-order valence-electron chi connectivity index (χ3n) is 4.10. The minimum atomic E-state index is 0.0379. The van der Waals surface area contributed by atoms with Crippen LogP contribution in [0.25, 0.3) is 0 Å². The van der Waals surface area contributed by atoms with E-state index in [0.717, 1.165) is 31.6 Å². The minimum Gasteiger partial charge on any atom is -0.355 e. The van der Waals surface area contributed by atoms with Crippen molar-refractivity contribution in [3.8, 4) is 0 Å². The van der Waals surface area contributed by atoms with Crippen LogP contribution in [0.1, 0.15) is 64.1 Å². The molecule has 1 fully saturated rings. The monoisotopic (exact) mass is 325 g/mol. The Morgan fingerprint density at radius 2 is 2.23 bits per heavy atom. The van der Waals surface area contributed by atoms with Gasteiger partial charge in [0.25, 0.3) is 0 Å². The number of rotatable bonds is 10. The van der Waals surface area contributed by atoms with Gasteiger partial charge < -0.3 is 11.2 Å². The van der Waals surface area contributed by atoms with Crippen LogP contribution in [0.2, 0.25) is 0 Å². The number of unbranched alkanes of at least 4 members (excludes halogenated alkanes) is 1. The highest BCUT2D eigenvalue weighted by Crippen LogP contribution is 2.39. The van der Waals surface area contributed by atoms with Crippen LogP contribution in [0.4, 0.5) is 0 Å². The van der Waals surface area contributed by atoms with Crippen LogP contribution in [-0.4, -0.2) is 33.1 Å². The quantitative estimate of drug-likeness (QED) is 0.509. The van der Waals surface area contributed by atoms with Gasteiger partial charge in [0.2, 0.25) is 11.1 Å². The molecule has 1 aliphatic rings. The lowest BCUT2D eigenvalue weighted by Gasteiger charge is -2.15. The molecule has 0 aliphatic heterocycles. The van der Waals surface area contributed by atoms with Crippen LogP contribution in [0.3, 0.4) is 0 Å². The van der Waals surface area contributed by atoms with Crippen molar-refractivity contribution in [3.63, 3.8) is 0 Å². The van der Waals surface area contributed by atoms with Crippen molar-refractivity contribution in [3.05, 3.63) is 5.82 Å². The molecule has 0 unspecified atom stereocenters. The zero-order valence-corrected chi connectivity index (χ0v) is 14.4. The maximum absolute atomic E-state index is 11.9. The molecule has 6 nitrogen and oxygen atoms in total. The summed E-state index contributed by atoms with van der Waals surface area (Å²) in [5.41, 5.74) is 0. The van der Waals surface area contributed by atoms with Gasteiger partial charge >= 0.3 is 0 Å². The van der Waals surface area contributed by atoms with Gasteiger partial charge in [0, 0.05) is 12.5 Å². The fraction of sp³-hybridized carbons (Fsp3) is 0.800. The molecule has 1 saturated carbocycles. The molecule has 0 bridgehead atoms. The first kappa shape index (κ1) is 17.1. The largest absolute Gasteiger partial charge is 0.355 e. The zero-order valence-electron chi connectivity index (χ0n) is 13.5. The van der Waals surface area contributed by atoms with Crippen molar-refractivity contribution in [2.24, 2.45) is 5.92 Å². The normalized spacial score (nSPS) is 15.7. The standard InChI is InChI=1S/C15H27N5OS/c1-3-5-6-11(4-2)9-17-13(21)10-22-15-19-18-14(20(15)16)12-7-8-12/h11-12H,3-10,16H2,1-2H3,(H,17,21)/t11-/m1/s1. The Morgan fingerprint density at radius 3 is 2.86 bits per heavy atom. The van der Waals surface area contributed by atoms with E-state index in [2.05, 4.69) is 29.4 Å². The van der Waals surface area contributed by atoms with E-state index in [1.807, 2.05) is 0 Å². The van der Waals surface area contributed by atoms with E-state index in [0.29, 0.717) is 22.7 Å². The van der Waals surface area contributed by atoms with Gasteiger partial charge in [0.05, 0.1) is 5.75 Å². The average Bonchev–Trinajstić information content (AvgIpc) is 3.29. The number of thioether (sulfide) groups is 1. The van der Waals surface area contributed by atoms with Crippen molar-refractivity contribution in [2.75, 3.05) is 18.1 Å². The highest BCUT2D eigenvalue weighted by atomic mass is 32.2. The Hall–Kier alpha value is -1.24. The van der Waals surface area contributed by atoms with Crippen LogP contribution in [0.15, 0.2) is 5.16 Å². The SMILES string of the molecule is CCCC[C@@H](CC)CNC(=O)CSc1nnc(C2CC2)n1N. The van der Waals surface area contributed by atoms with Gasteiger partial charge in [-0.15, -0.1) is 10.2 Å². The molecule has 0 spiro atoms. The van der Waals surface area contributed by atoms with Gasteiger partial charge in [-0.2, -0.15) is 0 Å². The number of nitrogens with zero attached hydrogens (tertiary/aromatic N) is 3. The number of nitrogens with one attached hydrogen (secondary N) is 1. The molecule has 1 heterocycles. The predicted octanol–water partition coefficient (Wildman–Crippen LogP) is 2.29. The second-order valence-electron chi connectivity index (χ2n) is 5.99. The Kier molecular flexibility index (Phi) is 6.54. The molecule has 22 heavy (non-hydrogen) atoms. The van der Waals surface area contributed by atoms with Gasteiger partial charge in [-0.25, -0.2) is 4.68 Å². The van der Waals surface area contributed by atoms with E-state index in [9.17, 15) is 4.79 Å². The molecule has 7 heteroatoms. The summed E-state index contributed by atoms with van der Waals surface area (Å²) in [6.07, 6.45) is 6.99. The van der Waals surface area contributed by atoms with Crippen LogP contribution in [0.5, 0.6) is 0 Å². The van der Waals surface area contributed by atoms with E-state index in [4.69, 9.17) is 5.84 Å². The highest BCUT2D eigenvalue weighted by Gasteiger charge is 2.30. The van der Waals surface area contributed by atoms with Gasteiger partial charge in [-0.05, 0) is 25.2 Å². The average molecular weight is 325 g/mol. The summed E-state index contributed by atoms with van der Waals surface area (Å²) < 4.78 is 1.53. The van der Waals surface area contributed by atoms with Gasteiger partial charge in [0.1, 0.15) is 0 Å². The molecule has 3 N–H and O–H groups in total. The maximum Gasteiger partial charge on any atom is 0.230 e. The molecule has 1 amide bonds. The Labute approximate surface area is 136 Å². The summed E-state index contributed by atoms with van der Waals surface area (Å²) in [5.74, 6) is 8.22. The van der Waals surface area contributed by atoms with Crippen molar-refractivity contribution >= 4 is 17.7 Å². The summed E-state index contributed by atoms with van der Waals surface area (Å²) in [7, 11) is 0. The number of carbonyl (C=O) groups is 1. The van der Waals surface area contributed by atoms with Crippen molar-refractivity contribution in [1.29, 1.82) is 0 Å². The zero-order chi connectivity index (χ0) is 15.9. The molecule has 0 saturated heterocycles. The third-order valence-corrected chi connectivity index (χ3v) is 5.04. The van der Waals surface area contributed by atoms with E-state index < -0.39 is 0 Å². The number of carbonyl (C=O) groups excluding carboxylic acids is 1. The molecular weight excluding hydrogens is 298 g/mol. The molecule has 0 aromatic carbocycles. The number of nitrogen functional groups attached to an aromatic ring is 1. The van der Waals surface area contributed by atoms with Crippen molar-refractivity contribution < 1.29 is 4.79 Å². The summed E-state index contributed by atoms with van der Waals surface area (Å²) in [5, 5.41) is 11.8. The highest BCUT2D eigenvalue weighted by molar-refractivity contribution is 7.99. The molecule has 1 atom stereocenters. The van der Waals surface area contributed by atoms with E-state index in [1.54, 1.807) is 0 Å². The minimum absolute atomic E-state index is 0.0379. The number of hydrogen-bond acceptors (Lipinski definition) is 5. The van der Waals surface area contributed by atoms with E-state index in [1.165, 1.54) is 35.7 Å². The second-order valence-corrected chi connectivity index (χ2v) is 6.94. The molecular formula is C15H27N5OS. The Morgan fingerprint density at radius 1 is 1.45 bits per heavy atom.